The average molecular weight is 664 g/mol. The minimum absolute atomic E-state index is 0.266. The summed E-state index contributed by atoms with van der Waals surface area (Å²) < 4.78 is 32.4. The van der Waals surface area contributed by atoms with Crippen LogP contribution >= 0.6 is 0 Å². The van der Waals surface area contributed by atoms with Crippen molar-refractivity contribution in [2.75, 3.05) is 5.75 Å². The molecule has 0 aromatic rings. The summed E-state index contributed by atoms with van der Waals surface area (Å²) in [5, 5.41) is 13.1. The van der Waals surface area contributed by atoms with Crippen molar-refractivity contribution < 1.29 is 22.9 Å². The van der Waals surface area contributed by atoms with E-state index in [1.165, 1.54) is 70.3 Å². The van der Waals surface area contributed by atoms with Gasteiger partial charge in [0.25, 0.3) is 10.1 Å². The number of aliphatic hydroxyl groups is 1. The number of nitrogens with one attached hydrogen (secondary N) is 1. The third-order valence-electron chi connectivity index (χ3n) is 7.89. The molecule has 0 rings (SSSR count). The molecule has 0 bridgehead atoms. The van der Waals surface area contributed by atoms with Crippen molar-refractivity contribution >= 4 is 16.0 Å². The van der Waals surface area contributed by atoms with Crippen LogP contribution in [0, 0.1) is 0 Å². The van der Waals surface area contributed by atoms with Gasteiger partial charge in [0, 0.05) is 6.42 Å². The molecule has 0 radical (unpaired) electrons. The monoisotopic (exact) mass is 663 g/mol. The highest BCUT2D eigenvalue weighted by Gasteiger charge is 2.24. The molecule has 2 atom stereocenters. The first kappa shape index (κ1) is 44.0. The third kappa shape index (κ3) is 33.4. The number of hydrogen-bond donors (Lipinski definition) is 3. The summed E-state index contributed by atoms with van der Waals surface area (Å²) in [6.45, 7) is 4.47. The molecule has 0 fully saturated rings. The average Bonchev–Trinajstić information content (AvgIpc) is 3.01. The Kier molecular flexibility index (Phi) is 31.6. The fourth-order valence-corrected chi connectivity index (χ4v) is 5.83. The van der Waals surface area contributed by atoms with Gasteiger partial charge in [-0.2, -0.15) is 8.42 Å². The molecule has 6 nitrogen and oxygen atoms in total. The Bertz CT molecular complexity index is 951. The molecule has 0 heterocycles. The SMILES string of the molecule is CCCCCC/C=C\C/C=C\CCCCCCCC(=O)NC(CS(=O)(=O)O)C(O)/C=C/CC/C=C/CC/C=C/CCCCCCC. The molecule has 0 aliphatic rings. The number of amides is 1. The van der Waals surface area contributed by atoms with Crippen molar-refractivity contribution in [3.63, 3.8) is 0 Å². The summed E-state index contributed by atoms with van der Waals surface area (Å²) in [5.74, 6) is -1.03. The lowest BCUT2D eigenvalue weighted by Gasteiger charge is -2.21. The van der Waals surface area contributed by atoms with Crippen LogP contribution in [0.3, 0.4) is 0 Å². The summed E-state index contributed by atoms with van der Waals surface area (Å²) in [5.41, 5.74) is 0. The Morgan fingerprint density at radius 3 is 1.52 bits per heavy atom. The van der Waals surface area contributed by atoms with E-state index in [1.54, 1.807) is 6.08 Å². The fourth-order valence-electron chi connectivity index (χ4n) is 5.10. The largest absolute Gasteiger partial charge is 0.387 e. The molecule has 266 valence electrons. The van der Waals surface area contributed by atoms with Gasteiger partial charge in [0.05, 0.1) is 17.9 Å². The number of aliphatic hydroxyl groups excluding tert-OH is 1. The van der Waals surface area contributed by atoms with E-state index in [9.17, 15) is 22.9 Å². The van der Waals surface area contributed by atoms with Crippen LogP contribution in [0.2, 0.25) is 0 Å². The van der Waals surface area contributed by atoms with E-state index in [0.717, 1.165) is 64.2 Å². The number of rotatable bonds is 32. The van der Waals surface area contributed by atoms with Crippen LogP contribution in [-0.2, 0) is 14.9 Å². The number of allylic oxidation sites excluding steroid dienone is 9. The number of carbonyl (C=O) groups is 1. The van der Waals surface area contributed by atoms with E-state index in [1.807, 2.05) is 0 Å². The molecule has 0 spiro atoms. The van der Waals surface area contributed by atoms with E-state index in [4.69, 9.17) is 0 Å². The molecule has 0 saturated heterocycles. The molecular formula is C39H69NO5S. The standard InChI is InChI=1S/C39H69NO5S/c1-3-5-7-9-11-13-15-17-19-21-23-25-27-29-31-33-35-39(42)40-37(36-46(43,44)45)38(41)34-32-30-28-26-24-22-20-18-16-14-12-10-8-6-4-2/h13,15-16,18-19,21,24,26,32,34,37-38,41H,3-12,14,17,20,22-23,25,27-31,33,35-36H2,1-2H3,(H,40,42)(H,43,44,45)/b15-13-,18-16+,21-19-,26-24+,34-32+. The van der Waals surface area contributed by atoms with Gasteiger partial charge < -0.3 is 10.4 Å². The summed E-state index contributed by atoms with van der Waals surface area (Å²) in [7, 11) is -4.36. The Balaban J connectivity index is 4.11. The molecule has 0 saturated carbocycles. The number of carbonyl (C=O) groups excluding carboxylic acids is 1. The first-order valence-corrected chi connectivity index (χ1v) is 20.1. The molecular weight excluding hydrogens is 594 g/mol. The highest BCUT2D eigenvalue weighted by atomic mass is 32.2. The lowest BCUT2D eigenvalue weighted by molar-refractivity contribution is -0.122. The van der Waals surface area contributed by atoms with Gasteiger partial charge in [0.15, 0.2) is 0 Å². The van der Waals surface area contributed by atoms with Crippen LogP contribution in [0.15, 0.2) is 60.8 Å². The van der Waals surface area contributed by atoms with Crippen molar-refractivity contribution in [1.29, 1.82) is 0 Å². The Morgan fingerprint density at radius 1 is 0.587 bits per heavy atom. The van der Waals surface area contributed by atoms with E-state index in [0.29, 0.717) is 12.8 Å². The van der Waals surface area contributed by atoms with E-state index in [-0.39, 0.29) is 12.3 Å². The fraction of sp³-hybridized carbons (Fsp3) is 0.718. The molecule has 46 heavy (non-hydrogen) atoms. The van der Waals surface area contributed by atoms with Gasteiger partial charge in [-0.1, -0.05) is 139 Å². The predicted molar refractivity (Wildman–Crippen MR) is 198 cm³/mol. The van der Waals surface area contributed by atoms with E-state index >= 15 is 0 Å². The van der Waals surface area contributed by atoms with Crippen molar-refractivity contribution in [1.82, 2.24) is 5.32 Å². The Hall–Kier alpha value is -1.96. The van der Waals surface area contributed by atoms with Crippen LogP contribution in [0.5, 0.6) is 0 Å². The van der Waals surface area contributed by atoms with Crippen LogP contribution in [0.1, 0.15) is 162 Å². The highest BCUT2D eigenvalue weighted by Crippen LogP contribution is 2.10. The third-order valence-corrected chi connectivity index (χ3v) is 8.67. The van der Waals surface area contributed by atoms with Crippen LogP contribution < -0.4 is 5.32 Å². The normalized spacial score (nSPS) is 14.1. The minimum Gasteiger partial charge on any atom is -0.387 e. The summed E-state index contributed by atoms with van der Waals surface area (Å²) in [6.07, 6.45) is 44.8. The smallest absolute Gasteiger partial charge is 0.267 e. The Morgan fingerprint density at radius 2 is 1.00 bits per heavy atom. The zero-order valence-corrected chi connectivity index (χ0v) is 30.2. The second-order valence-electron chi connectivity index (χ2n) is 12.5. The van der Waals surface area contributed by atoms with E-state index < -0.39 is 28.0 Å². The Labute approximate surface area is 283 Å². The van der Waals surface area contributed by atoms with E-state index in [2.05, 4.69) is 67.8 Å². The van der Waals surface area contributed by atoms with Crippen molar-refractivity contribution in [3.8, 4) is 0 Å². The molecule has 7 heteroatoms. The minimum atomic E-state index is -4.36. The molecule has 1 amide bonds. The van der Waals surface area contributed by atoms with Gasteiger partial charge in [-0.25, -0.2) is 0 Å². The van der Waals surface area contributed by atoms with Gasteiger partial charge in [0.1, 0.15) is 0 Å². The lowest BCUT2D eigenvalue weighted by Crippen LogP contribution is -2.46. The van der Waals surface area contributed by atoms with Crippen molar-refractivity contribution in [2.24, 2.45) is 0 Å². The molecule has 2 unspecified atom stereocenters. The van der Waals surface area contributed by atoms with Gasteiger partial charge in [0.2, 0.25) is 5.91 Å². The molecule has 0 aromatic heterocycles. The summed E-state index contributed by atoms with van der Waals surface area (Å²) in [6, 6.07) is -1.09. The molecule has 3 N–H and O–H groups in total. The zero-order valence-electron chi connectivity index (χ0n) is 29.4. The van der Waals surface area contributed by atoms with Crippen LogP contribution in [0.4, 0.5) is 0 Å². The summed E-state index contributed by atoms with van der Waals surface area (Å²) >= 11 is 0. The van der Waals surface area contributed by atoms with Gasteiger partial charge >= 0.3 is 0 Å². The molecule has 0 aromatic carbocycles. The molecule has 0 aliphatic heterocycles. The lowest BCUT2D eigenvalue weighted by atomic mass is 10.1. The maximum Gasteiger partial charge on any atom is 0.267 e. The topological polar surface area (TPSA) is 104 Å². The zero-order chi connectivity index (χ0) is 34.0. The first-order valence-electron chi connectivity index (χ1n) is 18.5. The summed E-state index contributed by atoms with van der Waals surface area (Å²) in [4.78, 5) is 12.5. The van der Waals surface area contributed by atoms with Gasteiger partial charge in [-0.05, 0) is 77.0 Å². The molecule has 0 aliphatic carbocycles. The van der Waals surface area contributed by atoms with Crippen molar-refractivity contribution in [2.45, 2.75) is 174 Å². The maximum absolute atomic E-state index is 12.5. The second kappa shape index (κ2) is 33.0. The first-order chi connectivity index (χ1) is 22.3. The number of unbranched alkanes of at least 4 members (excludes halogenated alkanes) is 16. The van der Waals surface area contributed by atoms with Crippen LogP contribution in [0.25, 0.3) is 0 Å². The predicted octanol–water partition coefficient (Wildman–Crippen LogP) is 10.5. The van der Waals surface area contributed by atoms with Gasteiger partial charge in [-0.15, -0.1) is 0 Å². The quantitative estimate of drug-likeness (QED) is 0.0377. The number of hydrogen-bond acceptors (Lipinski definition) is 4. The second-order valence-corrected chi connectivity index (χ2v) is 14.0. The highest BCUT2D eigenvalue weighted by molar-refractivity contribution is 7.85. The maximum atomic E-state index is 12.5. The van der Waals surface area contributed by atoms with Crippen molar-refractivity contribution in [3.05, 3.63) is 60.8 Å². The van der Waals surface area contributed by atoms with Crippen LogP contribution in [-0.4, -0.2) is 41.9 Å². The van der Waals surface area contributed by atoms with Gasteiger partial charge in [-0.3, -0.25) is 9.35 Å².